The number of nitro benzene ring substituents is 1. The number of halogens is 1. The Hall–Kier alpha value is -3.67. The monoisotopic (exact) mass is 387 g/mol. The van der Waals surface area contributed by atoms with Crippen LogP contribution in [0, 0.1) is 27.3 Å². The van der Waals surface area contributed by atoms with Crippen molar-refractivity contribution in [1.29, 1.82) is 5.26 Å². The average Bonchev–Trinajstić information content (AvgIpc) is 2.68. The van der Waals surface area contributed by atoms with E-state index in [1.165, 1.54) is 32.4 Å². The van der Waals surface area contributed by atoms with Crippen LogP contribution in [0.3, 0.4) is 0 Å². The summed E-state index contributed by atoms with van der Waals surface area (Å²) >= 11 is 0. The Morgan fingerprint density at radius 1 is 1.32 bits per heavy atom. The number of rotatable bonds is 7. The fourth-order valence-electron chi connectivity index (χ4n) is 2.60. The molecule has 0 fully saturated rings. The van der Waals surface area contributed by atoms with E-state index in [1.54, 1.807) is 6.92 Å². The maximum Gasteiger partial charge on any atom is 0.286 e. The SMILES string of the molecule is CCOc1cc(C(=O)N(C)Cc2cc(C#N)ccc2F)c([N+](=O)[O-])cc1OC. The largest absolute Gasteiger partial charge is 0.493 e. The Morgan fingerprint density at radius 2 is 2.04 bits per heavy atom. The number of benzene rings is 2. The van der Waals surface area contributed by atoms with E-state index in [4.69, 9.17) is 14.7 Å². The zero-order valence-electron chi connectivity index (χ0n) is 15.6. The third-order valence-electron chi connectivity index (χ3n) is 3.94. The van der Waals surface area contributed by atoms with Crippen molar-refractivity contribution in [3.05, 3.63) is 63.0 Å². The van der Waals surface area contributed by atoms with Gasteiger partial charge in [0.2, 0.25) is 0 Å². The minimum Gasteiger partial charge on any atom is -0.493 e. The van der Waals surface area contributed by atoms with Crippen molar-refractivity contribution in [3.63, 3.8) is 0 Å². The summed E-state index contributed by atoms with van der Waals surface area (Å²) in [4.78, 5) is 24.7. The number of nitriles is 1. The molecular formula is C19H18FN3O5. The van der Waals surface area contributed by atoms with Gasteiger partial charge in [-0.25, -0.2) is 4.39 Å². The van der Waals surface area contributed by atoms with Crippen molar-refractivity contribution < 1.29 is 23.6 Å². The minimum atomic E-state index is -0.698. The van der Waals surface area contributed by atoms with Crippen molar-refractivity contribution in [1.82, 2.24) is 4.90 Å². The molecule has 0 unspecified atom stereocenters. The number of nitrogens with zero attached hydrogens (tertiary/aromatic N) is 3. The van der Waals surface area contributed by atoms with E-state index in [-0.39, 0.29) is 41.3 Å². The molecule has 0 aromatic heterocycles. The van der Waals surface area contributed by atoms with Crippen LogP contribution in [0.2, 0.25) is 0 Å². The number of amides is 1. The van der Waals surface area contributed by atoms with Gasteiger partial charge < -0.3 is 14.4 Å². The number of ether oxygens (including phenoxy) is 2. The number of carbonyl (C=O) groups excluding carboxylic acids is 1. The summed E-state index contributed by atoms with van der Waals surface area (Å²) in [5.74, 6) is -0.972. The summed E-state index contributed by atoms with van der Waals surface area (Å²) < 4.78 is 24.5. The van der Waals surface area contributed by atoms with E-state index in [0.29, 0.717) is 0 Å². The Labute approximate surface area is 160 Å². The molecule has 0 atom stereocenters. The lowest BCUT2D eigenvalue weighted by atomic mass is 10.1. The fourth-order valence-corrected chi connectivity index (χ4v) is 2.60. The first-order valence-electron chi connectivity index (χ1n) is 8.25. The highest BCUT2D eigenvalue weighted by Gasteiger charge is 2.27. The van der Waals surface area contributed by atoms with Crippen LogP contribution in [0.25, 0.3) is 0 Å². The van der Waals surface area contributed by atoms with Gasteiger partial charge in [0, 0.05) is 25.2 Å². The van der Waals surface area contributed by atoms with Crippen LogP contribution >= 0.6 is 0 Å². The molecule has 0 N–H and O–H groups in total. The molecule has 2 rings (SSSR count). The molecule has 9 heteroatoms. The molecule has 2 aromatic carbocycles. The van der Waals surface area contributed by atoms with Crippen molar-refractivity contribution >= 4 is 11.6 Å². The highest BCUT2D eigenvalue weighted by molar-refractivity contribution is 5.99. The van der Waals surface area contributed by atoms with Crippen LogP contribution in [-0.4, -0.2) is 36.5 Å². The van der Waals surface area contributed by atoms with Gasteiger partial charge in [-0.2, -0.15) is 5.26 Å². The maximum atomic E-state index is 14.0. The molecular weight excluding hydrogens is 369 g/mol. The summed E-state index contributed by atoms with van der Waals surface area (Å²) in [6, 6.07) is 8.03. The summed E-state index contributed by atoms with van der Waals surface area (Å²) in [5.41, 5.74) is -0.306. The number of nitro groups is 1. The van der Waals surface area contributed by atoms with Gasteiger partial charge in [-0.15, -0.1) is 0 Å². The summed E-state index contributed by atoms with van der Waals surface area (Å²) in [7, 11) is 2.72. The van der Waals surface area contributed by atoms with Gasteiger partial charge in [0.25, 0.3) is 11.6 Å². The summed E-state index contributed by atoms with van der Waals surface area (Å²) in [6.45, 7) is 1.82. The molecule has 0 saturated heterocycles. The maximum absolute atomic E-state index is 14.0. The van der Waals surface area contributed by atoms with Gasteiger partial charge in [-0.1, -0.05) is 0 Å². The predicted molar refractivity (Wildman–Crippen MR) is 97.7 cm³/mol. The third-order valence-corrected chi connectivity index (χ3v) is 3.94. The van der Waals surface area contributed by atoms with Gasteiger partial charge in [-0.05, 0) is 25.1 Å². The van der Waals surface area contributed by atoms with E-state index in [9.17, 15) is 19.3 Å². The van der Waals surface area contributed by atoms with Crippen molar-refractivity contribution in [2.75, 3.05) is 20.8 Å². The second-order valence-corrected chi connectivity index (χ2v) is 5.79. The average molecular weight is 387 g/mol. The molecule has 8 nitrogen and oxygen atoms in total. The molecule has 0 aliphatic rings. The minimum absolute atomic E-state index is 0.121. The molecule has 0 aliphatic heterocycles. The molecule has 28 heavy (non-hydrogen) atoms. The number of hydrogen-bond acceptors (Lipinski definition) is 6. The van der Waals surface area contributed by atoms with E-state index in [1.807, 2.05) is 6.07 Å². The topological polar surface area (TPSA) is 106 Å². The van der Waals surface area contributed by atoms with Crippen LogP contribution in [0.4, 0.5) is 10.1 Å². The second-order valence-electron chi connectivity index (χ2n) is 5.79. The van der Waals surface area contributed by atoms with Crippen molar-refractivity contribution in [2.45, 2.75) is 13.5 Å². The van der Waals surface area contributed by atoms with Gasteiger partial charge >= 0.3 is 0 Å². The van der Waals surface area contributed by atoms with Gasteiger partial charge in [0.1, 0.15) is 11.4 Å². The van der Waals surface area contributed by atoms with E-state index < -0.39 is 22.3 Å². The Kier molecular flexibility index (Phi) is 6.50. The smallest absolute Gasteiger partial charge is 0.286 e. The van der Waals surface area contributed by atoms with Gasteiger partial charge in [0.05, 0.1) is 36.3 Å². The fraction of sp³-hybridized carbons (Fsp3) is 0.263. The Bertz CT molecular complexity index is 955. The van der Waals surface area contributed by atoms with Gasteiger partial charge in [-0.3, -0.25) is 14.9 Å². The van der Waals surface area contributed by atoms with Crippen LogP contribution in [0.1, 0.15) is 28.4 Å². The zero-order valence-corrected chi connectivity index (χ0v) is 15.6. The first-order chi connectivity index (χ1) is 13.3. The lowest BCUT2D eigenvalue weighted by molar-refractivity contribution is -0.385. The standard InChI is InChI=1S/C19H18FN3O5/c1-4-28-18-8-14(16(23(25)26)9-17(18)27-3)19(24)22(2)11-13-7-12(10-21)5-6-15(13)20/h5-9H,4,11H2,1-3H3. The molecule has 1 amide bonds. The highest BCUT2D eigenvalue weighted by Crippen LogP contribution is 2.35. The summed E-state index contributed by atoms with van der Waals surface area (Å²) in [6.07, 6.45) is 0. The van der Waals surface area contributed by atoms with Crippen LogP contribution in [0.5, 0.6) is 11.5 Å². The first-order valence-corrected chi connectivity index (χ1v) is 8.25. The second kappa shape index (κ2) is 8.81. The van der Waals surface area contributed by atoms with Crippen molar-refractivity contribution in [2.24, 2.45) is 0 Å². The summed E-state index contributed by atoms with van der Waals surface area (Å²) in [5, 5.41) is 20.4. The molecule has 0 aliphatic carbocycles. The Balaban J connectivity index is 2.43. The van der Waals surface area contributed by atoms with Crippen LogP contribution < -0.4 is 9.47 Å². The highest BCUT2D eigenvalue weighted by atomic mass is 19.1. The number of methoxy groups -OCH3 is 1. The third kappa shape index (κ3) is 4.35. The first kappa shape index (κ1) is 20.6. The van der Waals surface area contributed by atoms with E-state index in [2.05, 4.69) is 0 Å². The molecule has 0 bridgehead atoms. The number of hydrogen-bond donors (Lipinski definition) is 0. The van der Waals surface area contributed by atoms with Crippen LogP contribution in [-0.2, 0) is 6.54 Å². The molecule has 146 valence electrons. The van der Waals surface area contributed by atoms with Crippen LogP contribution in [0.15, 0.2) is 30.3 Å². The predicted octanol–water partition coefficient (Wildman–Crippen LogP) is 3.29. The zero-order chi connectivity index (χ0) is 20.8. The molecule has 0 spiro atoms. The van der Waals surface area contributed by atoms with Crippen molar-refractivity contribution in [3.8, 4) is 17.6 Å². The molecule has 0 heterocycles. The molecule has 0 radical (unpaired) electrons. The quantitative estimate of drug-likeness (QED) is 0.533. The van der Waals surface area contributed by atoms with Gasteiger partial charge in [0.15, 0.2) is 11.5 Å². The lowest BCUT2D eigenvalue weighted by Gasteiger charge is -2.19. The normalized spacial score (nSPS) is 10.1. The molecule has 2 aromatic rings. The van der Waals surface area contributed by atoms with E-state index in [0.717, 1.165) is 17.0 Å². The lowest BCUT2D eigenvalue weighted by Crippen LogP contribution is -2.27. The molecule has 0 saturated carbocycles. The van der Waals surface area contributed by atoms with E-state index >= 15 is 0 Å². The Morgan fingerprint density at radius 3 is 2.61 bits per heavy atom. The number of carbonyl (C=O) groups is 1.